The fourth-order valence-corrected chi connectivity index (χ4v) is 2.19. The molecule has 19 heavy (non-hydrogen) atoms. The van der Waals surface area contributed by atoms with Crippen LogP contribution >= 0.6 is 0 Å². The normalized spacial score (nSPS) is 10.5. The Morgan fingerprint density at radius 3 is 2.53 bits per heavy atom. The number of aryl methyl sites for hydroxylation is 2. The zero-order valence-electron chi connectivity index (χ0n) is 11.4. The standard InChI is InChI=1S/C14H16N2O3/c1-8-5-9(2)13(12(6-8)19-4)16-10(3)11(7-15-16)14(17)18/h5-7H,1-4H3,(H,17,18). The zero-order chi connectivity index (χ0) is 14.2. The molecule has 1 aromatic carbocycles. The maximum atomic E-state index is 11.1. The van der Waals surface area contributed by atoms with Crippen LogP contribution in [0.3, 0.4) is 0 Å². The molecule has 0 saturated heterocycles. The highest BCUT2D eigenvalue weighted by Gasteiger charge is 2.18. The van der Waals surface area contributed by atoms with Gasteiger partial charge in [0.2, 0.25) is 0 Å². The smallest absolute Gasteiger partial charge is 0.339 e. The summed E-state index contributed by atoms with van der Waals surface area (Å²) >= 11 is 0. The van der Waals surface area contributed by atoms with Crippen LogP contribution in [0.1, 0.15) is 27.2 Å². The molecule has 2 aromatic rings. The minimum atomic E-state index is -0.979. The van der Waals surface area contributed by atoms with Crippen molar-refractivity contribution in [2.75, 3.05) is 7.11 Å². The number of methoxy groups -OCH3 is 1. The van der Waals surface area contributed by atoms with Gasteiger partial charge < -0.3 is 9.84 Å². The second-order valence-electron chi connectivity index (χ2n) is 4.49. The minimum Gasteiger partial charge on any atom is -0.494 e. The van der Waals surface area contributed by atoms with Crippen molar-refractivity contribution >= 4 is 5.97 Å². The number of ether oxygens (including phenoxy) is 1. The van der Waals surface area contributed by atoms with E-state index in [0.29, 0.717) is 11.4 Å². The van der Waals surface area contributed by atoms with Crippen LogP contribution in [0, 0.1) is 20.8 Å². The average molecular weight is 260 g/mol. The number of hydrogen-bond acceptors (Lipinski definition) is 3. The topological polar surface area (TPSA) is 64.4 Å². The number of nitrogens with zero attached hydrogens (tertiary/aromatic N) is 2. The summed E-state index contributed by atoms with van der Waals surface area (Å²) in [4.78, 5) is 11.1. The van der Waals surface area contributed by atoms with Gasteiger partial charge in [-0.3, -0.25) is 0 Å². The molecule has 1 N–H and O–H groups in total. The lowest BCUT2D eigenvalue weighted by molar-refractivity contribution is 0.0696. The van der Waals surface area contributed by atoms with Crippen LogP contribution in [0.5, 0.6) is 5.75 Å². The Labute approximate surface area is 111 Å². The van der Waals surface area contributed by atoms with Crippen molar-refractivity contribution in [3.63, 3.8) is 0 Å². The lowest BCUT2D eigenvalue weighted by atomic mass is 10.1. The Morgan fingerprint density at radius 2 is 2.00 bits per heavy atom. The van der Waals surface area contributed by atoms with Crippen molar-refractivity contribution in [1.82, 2.24) is 9.78 Å². The number of hydrogen-bond donors (Lipinski definition) is 1. The van der Waals surface area contributed by atoms with Gasteiger partial charge >= 0.3 is 5.97 Å². The van der Waals surface area contributed by atoms with Gasteiger partial charge in [-0.2, -0.15) is 5.10 Å². The second kappa shape index (κ2) is 4.76. The molecule has 1 aromatic heterocycles. The Balaban J connectivity index is 2.69. The van der Waals surface area contributed by atoms with E-state index in [0.717, 1.165) is 16.8 Å². The molecule has 0 fully saturated rings. The number of benzene rings is 1. The van der Waals surface area contributed by atoms with Gasteiger partial charge in [-0.1, -0.05) is 6.07 Å². The first-order valence-electron chi connectivity index (χ1n) is 5.89. The highest BCUT2D eigenvalue weighted by atomic mass is 16.5. The van der Waals surface area contributed by atoms with Crippen LogP contribution in [0.15, 0.2) is 18.3 Å². The number of carboxylic acids is 1. The Bertz CT molecular complexity index is 644. The summed E-state index contributed by atoms with van der Waals surface area (Å²) in [5.41, 5.74) is 3.62. The van der Waals surface area contributed by atoms with Gasteiger partial charge in [0.05, 0.1) is 19.0 Å². The number of aromatic carboxylic acids is 1. The highest BCUT2D eigenvalue weighted by Crippen LogP contribution is 2.29. The predicted octanol–water partition coefficient (Wildman–Crippen LogP) is 2.50. The molecule has 0 aliphatic rings. The van der Waals surface area contributed by atoms with Crippen molar-refractivity contribution in [3.8, 4) is 11.4 Å². The molecule has 5 heteroatoms. The SMILES string of the molecule is COc1cc(C)cc(C)c1-n1ncc(C(=O)O)c1C. The first kappa shape index (κ1) is 13.1. The third kappa shape index (κ3) is 2.19. The number of carboxylic acid groups (broad SMARTS) is 1. The second-order valence-corrected chi connectivity index (χ2v) is 4.49. The van der Waals surface area contributed by atoms with E-state index >= 15 is 0 Å². The van der Waals surface area contributed by atoms with Crippen molar-refractivity contribution < 1.29 is 14.6 Å². The lowest BCUT2D eigenvalue weighted by Gasteiger charge is -2.14. The largest absolute Gasteiger partial charge is 0.494 e. The Hall–Kier alpha value is -2.30. The van der Waals surface area contributed by atoms with Crippen LogP contribution in [-0.4, -0.2) is 28.0 Å². The fraction of sp³-hybridized carbons (Fsp3) is 0.286. The van der Waals surface area contributed by atoms with Crippen LogP contribution in [0.4, 0.5) is 0 Å². The lowest BCUT2D eigenvalue weighted by Crippen LogP contribution is -2.06. The van der Waals surface area contributed by atoms with E-state index in [1.165, 1.54) is 6.20 Å². The summed E-state index contributed by atoms with van der Waals surface area (Å²) < 4.78 is 6.99. The number of rotatable bonds is 3. The molecule has 1 heterocycles. The zero-order valence-corrected chi connectivity index (χ0v) is 11.4. The third-order valence-corrected chi connectivity index (χ3v) is 3.08. The summed E-state index contributed by atoms with van der Waals surface area (Å²) in [6, 6.07) is 3.92. The maximum Gasteiger partial charge on any atom is 0.339 e. The molecule has 0 spiro atoms. The summed E-state index contributed by atoms with van der Waals surface area (Å²) in [5.74, 6) is -0.298. The monoisotopic (exact) mass is 260 g/mol. The van der Waals surface area contributed by atoms with Gasteiger partial charge in [-0.05, 0) is 38.0 Å². The Morgan fingerprint density at radius 1 is 1.32 bits per heavy atom. The predicted molar refractivity (Wildman–Crippen MR) is 71.3 cm³/mol. The van der Waals surface area contributed by atoms with Gasteiger partial charge in [0, 0.05) is 0 Å². The van der Waals surface area contributed by atoms with Crippen LogP contribution in [0.25, 0.3) is 5.69 Å². The van der Waals surface area contributed by atoms with E-state index in [1.807, 2.05) is 26.0 Å². The molecule has 2 rings (SSSR count). The molecule has 0 unspecified atom stereocenters. The summed E-state index contributed by atoms with van der Waals surface area (Å²) in [7, 11) is 1.59. The van der Waals surface area contributed by atoms with E-state index in [9.17, 15) is 4.79 Å². The fourth-order valence-electron chi connectivity index (χ4n) is 2.19. The molecule has 0 amide bonds. The summed E-state index contributed by atoms with van der Waals surface area (Å²) in [5, 5.41) is 13.2. The summed E-state index contributed by atoms with van der Waals surface area (Å²) in [6.07, 6.45) is 1.36. The van der Waals surface area contributed by atoms with E-state index in [1.54, 1.807) is 18.7 Å². The van der Waals surface area contributed by atoms with Gasteiger partial charge in [0.1, 0.15) is 17.0 Å². The van der Waals surface area contributed by atoms with E-state index in [-0.39, 0.29) is 5.56 Å². The van der Waals surface area contributed by atoms with Gasteiger partial charge in [0.15, 0.2) is 0 Å². The van der Waals surface area contributed by atoms with E-state index in [4.69, 9.17) is 9.84 Å². The van der Waals surface area contributed by atoms with Gasteiger partial charge in [0.25, 0.3) is 0 Å². The van der Waals surface area contributed by atoms with Crippen LogP contribution in [0.2, 0.25) is 0 Å². The molecule has 5 nitrogen and oxygen atoms in total. The average Bonchev–Trinajstić information content (AvgIpc) is 2.70. The summed E-state index contributed by atoms with van der Waals surface area (Å²) in [6.45, 7) is 5.67. The van der Waals surface area contributed by atoms with E-state index in [2.05, 4.69) is 5.10 Å². The van der Waals surface area contributed by atoms with Crippen molar-refractivity contribution in [2.24, 2.45) is 0 Å². The number of aromatic nitrogens is 2. The maximum absolute atomic E-state index is 11.1. The van der Waals surface area contributed by atoms with Crippen LogP contribution in [-0.2, 0) is 0 Å². The molecule has 100 valence electrons. The first-order chi connectivity index (χ1) is 8.95. The first-order valence-corrected chi connectivity index (χ1v) is 5.89. The molecule has 0 atom stereocenters. The highest BCUT2D eigenvalue weighted by molar-refractivity contribution is 5.88. The Kier molecular flexibility index (Phi) is 3.29. The van der Waals surface area contributed by atoms with Gasteiger partial charge in [-0.15, -0.1) is 0 Å². The molecule has 0 saturated carbocycles. The third-order valence-electron chi connectivity index (χ3n) is 3.08. The molecule has 0 bridgehead atoms. The quantitative estimate of drug-likeness (QED) is 0.920. The molecule has 0 aliphatic carbocycles. The van der Waals surface area contributed by atoms with Crippen molar-refractivity contribution in [2.45, 2.75) is 20.8 Å². The molecular formula is C14H16N2O3. The molecule has 0 radical (unpaired) electrons. The van der Waals surface area contributed by atoms with Crippen molar-refractivity contribution in [1.29, 1.82) is 0 Å². The molecular weight excluding hydrogens is 244 g/mol. The number of carbonyl (C=O) groups is 1. The van der Waals surface area contributed by atoms with E-state index < -0.39 is 5.97 Å². The minimum absolute atomic E-state index is 0.196. The van der Waals surface area contributed by atoms with Gasteiger partial charge in [-0.25, -0.2) is 9.48 Å². The van der Waals surface area contributed by atoms with Crippen LogP contribution < -0.4 is 4.74 Å². The van der Waals surface area contributed by atoms with Crippen molar-refractivity contribution in [3.05, 3.63) is 40.7 Å². The molecule has 0 aliphatic heterocycles.